The number of rotatable bonds is 7. The van der Waals surface area contributed by atoms with Crippen LogP contribution in [0.1, 0.15) is 43.2 Å². The van der Waals surface area contributed by atoms with Crippen molar-refractivity contribution < 1.29 is 28.2 Å². The highest BCUT2D eigenvalue weighted by atomic mass is 19.1. The molecule has 1 saturated carbocycles. The van der Waals surface area contributed by atoms with Crippen molar-refractivity contribution in [3.63, 3.8) is 0 Å². The molecule has 2 aromatic carbocycles. The summed E-state index contributed by atoms with van der Waals surface area (Å²) in [6, 6.07) is 11.0. The highest BCUT2D eigenvalue weighted by Crippen LogP contribution is 2.35. The van der Waals surface area contributed by atoms with Crippen molar-refractivity contribution in [3.05, 3.63) is 59.4 Å². The van der Waals surface area contributed by atoms with Gasteiger partial charge in [-0.1, -0.05) is 31.0 Å². The number of urea groups is 1. The van der Waals surface area contributed by atoms with Crippen LogP contribution in [-0.2, 0) is 22.7 Å². The average molecular weight is 482 g/mol. The largest absolute Gasteiger partial charge is 0.454 e. The van der Waals surface area contributed by atoms with Crippen molar-refractivity contribution >= 4 is 17.8 Å². The van der Waals surface area contributed by atoms with E-state index in [0.29, 0.717) is 24.6 Å². The van der Waals surface area contributed by atoms with E-state index in [4.69, 9.17) is 9.47 Å². The highest BCUT2D eigenvalue weighted by Gasteiger charge is 2.46. The van der Waals surface area contributed by atoms with Crippen LogP contribution in [0.15, 0.2) is 42.5 Å². The van der Waals surface area contributed by atoms with Gasteiger partial charge in [-0.15, -0.1) is 0 Å². The Morgan fingerprint density at radius 3 is 2.57 bits per heavy atom. The van der Waals surface area contributed by atoms with Crippen LogP contribution in [0.2, 0.25) is 0 Å². The van der Waals surface area contributed by atoms with Crippen molar-refractivity contribution in [2.24, 2.45) is 5.92 Å². The molecule has 8 nitrogen and oxygen atoms in total. The summed E-state index contributed by atoms with van der Waals surface area (Å²) < 4.78 is 24.0. The van der Waals surface area contributed by atoms with Gasteiger partial charge in [0, 0.05) is 32.1 Å². The second-order valence-electron chi connectivity index (χ2n) is 9.20. The molecule has 1 aliphatic carbocycles. The molecule has 2 atom stereocenters. The minimum absolute atomic E-state index is 0.0177. The second-order valence-corrected chi connectivity index (χ2v) is 9.20. The van der Waals surface area contributed by atoms with Crippen LogP contribution in [0.3, 0.4) is 0 Å². The van der Waals surface area contributed by atoms with E-state index >= 15 is 0 Å². The van der Waals surface area contributed by atoms with Gasteiger partial charge in [-0.25, -0.2) is 9.18 Å². The lowest BCUT2D eigenvalue weighted by Gasteiger charge is -2.46. The molecule has 9 heteroatoms. The predicted molar refractivity (Wildman–Crippen MR) is 124 cm³/mol. The minimum Gasteiger partial charge on any atom is -0.454 e. The molecule has 2 aliphatic heterocycles. The predicted octanol–water partition coefficient (Wildman–Crippen LogP) is 3.58. The van der Waals surface area contributed by atoms with E-state index < -0.39 is 0 Å². The smallest absolute Gasteiger partial charge is 0.327 e. The minimum atomic E-state index is -0.383. The van der Waals surface area contributed by atoms with E-state index in [1.807, 2.05) is 12.1 Å². The molecule has 184 valence electrons. The number of benzene rings is 2. The van der Waals surface area contributed by atoms with Gasteiger partial charge in [0.1, 0.15) is 5.82 Å². The monoisotopic (exact) mass is 481 g/mol. The first kappa shape index (κ1) is 23.1. The SMILES string of the molecule is O=C(CCN1C(=O)C2CCCCC2N(Cc2ccc(F)cc2)C1=O)NCc1ccc2c(c1)OCO2. The van der Waals surface area contributed by atoms with Gasteiger partial charge in [-0.2, -0.15) is 0 Å². The summed E-state index contributed by atoms with van der Waals surface area (Å²) in [4.78, 5) is 42.0. The number of hydrogen-bond acceptors (Lipinski definition) is 5. The summed E-state index contributed by atoms with van der Waals surface area (Å²) in [5.41, 5.74) is 1.67. The number of amides is 4. The fourth-order valence-electron chi connectivity index (χ4n) is 5.09. The van der Waals surface area contributed by atoms with Crippen LogP contribution < -0.4 is 14.8 Å². The summed E-state index contributed by atoms with van der Waals surface area (Å²) in [6.45, 7) is 0.815. The standard InChI is InChI=1S/C26H28FN3O5/c27-19-8-5-17(6-9-19)15-30-21-4-2-1-3-20(21)25(32)29(26(30)33)12-11-24(31)28-14-18-7-10-22-23(13-18)35-16-34-22/h5-10,13,20-21H,1-4,11-12,14-16H2,(H,28,31). The normalized spacial score (nSPS) is 21.2. The lowest BCUT2D eigenvalue weighted by Crippen LogP contribution is -2.62. The van der Waals surface area contributed by atoms with Crippen molar-refractivity contribution in [1.82, 2.24) is 15.1 Å². The Labute approximate surface area is 203 Å². The van der Waals surface area contributed by atoms with Gasteiger partial charge in [-0.3, -0.25) is 14.5 Å². The van der Waals surface area contributed by atoms with Crippen molar-refractivity contribution in [1.29, 1.82) is 0 Å². The lowest BCUT2D eigenvalue weighted by molar-refractivity contribution is -0.141. The third kappa shape index (κ3) is 4.94. The zero-order valence-corrected chi connectivity index (χ0v) is 19.4. The molecule has 0 aromatic heterocycles. The number of nitrogens with zero attached hydrogens (tertiary/aromatic N) is 2. The van der Waals surface area contributed by atoms with E-state index in [2.05, 4.69) is 5.32 Å². The lowest BCUT2D eigenvalue weighted by atomic mass is 9.81. The van der Waals surface area contributed by atoms with Gasteiger partial charge in [-0.05, 0) is 48.2 Å². The topological polar surface area (TPSA) is 88.2 Å². The Morgan fingerprint density at radius 1 is 1.00 bits per heavy atom. The van der Waals surface area contributed by atoms with Crippen LogP contribution in [-0.4, -0.2) is 47.0 Å². The second kappa shape index (κ2) is 9.93. The van der Waals surface area contributed by atoms with Crippen LogP contribution in [0, 0.1) is 11.7 Å². The van der Waals surface area contributed by atoms with E-state index in [0.717, 1.165) is 36.8 Å². The first-order valence-corrected chi connectivity index (χ1v) is 12.0. The zero-order valence-electron chi connectivity index (χ0n) is 19.4. The third-order valence-electron chi connectivity index (χ3n) is 6.94. The maximum absolute atomic E-state index is 13.4. The van der Waals surface area contributed by atoms with Gasteiger partial charge < -0.3 is 19.7 Å². The Kier molecular flexibility index (Phi) is 6.57. The number of nitrogens with one attached hydrogen (secondary N) is 1. The number of halogens is 1. The molecule has 0 bridgehead atoms. The molecule has 1 N–H and O–H groups in total. The zero-order chi connectivity index (χ0) is 24.4. The van der Waals surface area contributed by atoms with Gasteiger partial charge in [0.15, 0.2) is 11.5 Å². The first-order chi connectivity index (χ1) is 17.0. The van der Waals surface area contributed by atoms with Crippen LogP contribution in [0.5, 0.6) is 11.5 Å². The Balaban J connectivity index is 1.22. The number of carbonyl (C=O) groups excluding carboxylic acids is 3. The molecule has 0 spiro atoms. The van der Waals surface area contributed by atoms with Gasteiger partial charge in [0.25, 0.3) is 0 Å². The molecule has 0 radical (unpaired) electrons. The van der Waals surface area contributed by atoms with Gasteiger partial charge in [0.05, 0.1) is 5.92 Å². The molecule has 3 aliphatic rings. The molecular formula is C26H28FN3O5. The maximum Gasteiger partial charge on any atom is 0.327 e. The number of ether oxygens (including phenoxy) is 2. The number of hydrogen-bond donors (Lipinski definition) is 1. The molecule has 35 heavy (non-hydrogen) atoms. The summed E-state index contributed by atoms with van der Waals surface area (Å²) in [5.74, 6) is 0.270. The summed E-state index contributed by atoms with van der Waals surface area (Å²) in [6.07, 6.45) is 3.42. The fourth-order valence-corrected chi connectivity index (χ4v) is 5.09. The van der Waals surface area contributed by atoms with Crippen LogP contribution >= 0.6 is 0 Å². The molecule has 2 fully saturated rings. The number of carbonyl (C=O) groups is 3. The van der Waals surface area contributed by atoms with Crippen molar-refractivity contribution in [3.8, 4) is 11.5 Å². The summed E-state index contributed by atoms with van der Waals surface area (Å²) in [5, 5.41) is 2.84. The Bertz CT molecular complexity index is 1120. The van der Waals surface area contributed by atoms with Crippen LogP contribution in [0.25, 0.3) is 0 Å². The van der Waals surface area contributed by atoms with E-state index in [1.54, 1.807) is 23.1 Å². The van der Waals surface area contributed by atoms with Crippen molar-refractivity contribution in [2.75, 3.05) is 13.3 Å². The van der Waals surface area contributed by atoms with Crippen molar-refractivity contribution in [2.45, 2.75) is 51.2 Å². The number of fused-ring (bicyclic) bond motifs is 2. The Hall–Kier alpha value is -3.62. The molecule has 2 heterocycles. The molecule has 5 rings (SSSR count). The van der Waals surface area contributed by atoms with Crippen LogP contribution in [0.4, 0.5) is 9.18 Å². The van der Waals surface area contributed by atoms with E-state index in [9.17, 15) is 18.8 Å². The Morgan fingerprint density at radius 2 is 1.74 bits per heavy atom. The molecule has 2 aromatic rings. The van der Waals surface area contributed by atoms with E-state index in [1.165, 1.54) is 17.0 Å². The third-order valence-corrected chi connectivity index (χ3v) is 6.94. The van der Waals surface area contributed by atoms with E-state index in [-0.39, 0.29) is 55.4 Å². The highest BCUT2D eigenvalue weighted by molar-refractivity contribution is 5.99. The average Bonchev–Trinajstić information content (AvgIpc) is 3.34. The molecule has 1 saturated heterocycles. The quantitative estimate of drug-likeness (QED) is 0.653. The maximum atomic E-state index is 13.4. The van der Waals surface area contributed by atoms with Gasteiger partial charge >= 0.3 is 6.03 Å². The molecule has 2 unspecified atom stereocenters. The fraction of sp³-hybridized carbons (Fsp3) is 0.423. The first-order valence-electron chi connectivity index (χ1n) is 12.0. The van der Waals surface area contributed by atoms with Gasteiger partial charge in [0.2, 0.25) is 18.6 Å². The molecular weight excluding hydrogens is 453 g/mol. The number of imide groups is 1. The molecule has 4 amide bonds. The summed E-state index contributed by atoms with van der Waals surface area (Å²) >= 11 is 0. The summed E-state index contributed by atoms with van der Waals surface area (Å²) in [7, 11) is 0.